The summed E-state index contributed by atoms with van der Waals surface area (Å²) in [6, 6.07) is 0. The van der Waals surface area contributed by atoms with Crippen molar-refractivity contribution in [2.75, 3.05) is 0 Å². The topological polar surface area (TPSA) is 37.3 Å². The monoisotopic (exact) mass is 250 g/mol. The van der Waals surface area contributed by atoms with E-state index in [1.165, 1.54) is 38.5 Å². The molecule has 3 unspecified atom stereocenters. The van der Waals surface area contributed by atoms with Crippen molar-refractivity contribution in [2.45, 2.75) is 70.6 Å². The maximum atomic E-state index is 11.8. The van der Waals surface area contributed by atoms with Gasteiger partial charge >= 0.3 is 5.97 Å². The molecular formula is C16H26O2. The van der Waals surface area contributed by atoms with Crippen LogP contribution >= 0.6 is 0 Å². The Morgan fingerprint density at radius 3 is 2.28 bits per heavy atom. The highest BCUT2D eigenvalue weighted by atomic mass is 16.4. The van der Waals surface area contributed by atoms with Crippen molar-refractivity contribution in [3.63, 3.8) is 0 Å². The molecule has 2 heteroatoms. The van der Waals surface area contributed by atoms with Crippen LogP contribution in [-0.2, 0) is 4.79 Å². The van der Waals surface area contributed by atoms with Crippen LogP contribution < -0.4 is 0 Å². The van der Waals surface area contributed by atoms with Crippen molar-refractivity contribution in [3.05, 3.63) is 0 Å². The predicted molar refractivity (Wildman–Crippen MR) is 71.3 cm³/mol. The molecule has 0 aromatic rings. The minimum atomic E-state index is -0.493. The number of aliphatic carboxylic acids is 1. The minimum Gasteiger partial charge on any atom is -0.481 e. The lowest BCUT2D eigenvalue weighted by atomic mass is 9.70. The summed E-state index contributed by atoms with van der Waals surface area (Å²) in [4.78, 5) is 11.8. The SMILES string of the molecule is O=C(O)C1(CC2CC3CCC2C3)CCCCCC1. The molecule has 0 aliphatic heterocycles. The second kappa shape index (κ2) is 4.86. The number of rotatable bonds is 3. The first kappa shape index (κ1) is 12.5. The highest BCUT2D eigenvalue weighted by molar-refractivity contribution is 5.74. The second-order valence-electron chi connectivity index (χ2n) is 7.14. The van der Waals surface area contributed by atoms with E-state index in [2.05, 4.69) is 0 Å². The Balaban J connectivity index is 1.71. The molecule has 2 nitrogen and oxygen atoms in total. The molecule has 18 heavy (non-hydrogen) atoms. The summed E-state index contributed by atoms with van der Waals surface area (Å²) in [6.45, 7) is 0. The minimum absolute atomic E-state index is 0.356. The number of carbonyl (C=O) groups is 1. The van der Waals surface area contributed by atoms with E-state index >= 15 is 0 Å². The fourth-order valence-corrected chi connectivity index (χ4v) is 5.04. The molecular weight excluding hydrogens is 224 g/mol. The predicted octanol–water partition coefficient (Wildman–Crippen LogP) is 4.24. The van der Waals surface area contributed by atoms with Crippen LogP contribution in [0.3, 0.4) is 0 Å². The van der Waals surface area contributed by atoms with Gasteiger partial charge in [-0.1, -0.05) is 32.1 Å². The summed E-state index contributed by atoms with van der Waals surface area (Å²) in [6.07, 6.45) is 13.2. The van der Waals surface area contributed by atoms with Crippen LogP contribution in [0.15, 0.2) is 0 Å². The normalized spacial score (nSPS) is 38.6. The first-order valence-corrected chi connectivity index (χ1v) is 7.93. The van der Waals surface area contributed by atoms with Crippen molar-refractivity contribution < 1.29 is 9.90 Å². The Kier molecular flexibility index (Phi) is 3.38. The zero-order chi connectivity index (χ0) is 12.6. The highest BCUT2D eigenvalue weighted by Gasteiger charge is 2.46. The van der Waals surface area contributed by atoms with Gasteiger partial charge in [-0.15, -0.1) is 0 Å². The average Bonchev–Trinajstić information content (AvgIpc) is 2.86. The van der Waals surface area contributed by atoms with Crippen molar-refractivity contribution >= 4 is 5.97 Å². The van der Waals surface area contributed by atoms with E-state index < -0.39 is 5.97 Å². The van der Waals surface area contributed by atoms with E-state index in [9.17, 15) is 9.90 Å². The van der Waals surface area contributed by atoms with E-state index in [0.29, 0.717) is 0 Å². The van der Waals surface area contributed by atoms with E-state index in [1.807, 2.05) is 0 Å². The van der Waals surface area contributed by atoms with Gasteiger partial charge in [0.1, 0.15) is 0 Å². The van der Waals surface area contributed by atoms with Crippen LogP contribution in [-0.4, -0.2) is 11.1 Å². The van der Waals surface area contributed by atoms with Crippen molar-refractivity contribution in [1.82, 2.24) is 0 Å². The summed E-state index contributed by atoms with van der Waals surface area (Å²) in [7, 11) is 0. The Bertz CT molecular complexity index is 315. The van der Waals surface area contributed by atoms with E-state index in [-0.39, 0.29) is 5.41 Å². The molecule has 0 spiro atoms. The fourth-order valence-electron chi connectivity index (χ4n) is 5.04. The lowest BCUT2D eigenvalue weighted by Crippen LogP contribution is -2.34. The van der Waals surface area contributed by atoms with Gasteiger partial charge in [0, 0.05) is 0 Å². The smallest absolute Gasteiger partial charge is 0.309 e. The van der Waals surface area contributed by atoms with Crippen LogP contribution in [0.25, 0.3) is 0 Å². The number of fused-ring (bicyclic) bond motifs is 2. The maximum Gasteiger partial charge on any atom is 0.309 e. The van der Waals surface area contributed by atoms with Gasteiger partial charge in [-0.05, 0) is 56.3 Å². The number of hydrogen-bond donors (Lipinski definition) is 1. The Morgan fingerprint density at radius 2 is 1.78 bits per heavy atom. The summed E-state index contributed by atoms with van der Waals surface area (Å²) >= 11 is 0. The molecule has 102 valence electrons. The van der Waals surface area contributed by atoms with Gasteiger partial charge in [-0.2, -0.15) is 0 Å². The van der Waals surface area contributed by atoms with Crippen molar-refractivity contribution in [3.8, 4) is 0 Å². The van der Waals surface area contributed by atoms with Gasteiger partial charge < -0.3 is 5.11 Å². The third kappa shape index (κ3) is 2.19. The largest absolute Gasteiger partial charge is 0.481 e. The first-order chi connectivity index (χ1) is 8.70. The van der Waals surface area contributed by atoms with Crippen molar-refractivity contribution in [2.24, 2.45) is 23.2 Å². The van der Waals surface area contributed by atoms with Gasteiger partial charge in [0.2, 0.25) is 0 Å². The molecule has 3 saturated carbocycles. The van der Waals surface area contributed by atoms with Crippen LogP contribution in [0.4, 0.5) is 0 Å². The van der Waals surface area contributed by atoms with E-state index in [1.54, 1.807) is 0 Å². The third-order valence-electron chi connectivity index (χ3n) is 6.05. The van der Waals surface area contributed by atoms with Crippen LogP contribution in [0.5, 0.6) is 0 Å². The number of carboxylic acids is 1. The van der Waals surface area contributed by atoms with Crippen molar-refractivity contribution in [1.29, 1.82) is 0 Å². The molecule has 1 N–H and O–H groups in total. The summed E-state index contributed by atoms with van der Waals surface area (Å²) in [5.74, 6) is 2.05. The molecule has 0 amide bonds. The van der Waals surface area contributed by atoms with Crippen LogP contribution in [0.2, 0.25) is 0 Å². The van der Waals surface area contributed by atoms with Gasteiger partial charge in [-0.25, -0.2) is 0 Å². The molecule has 3 atom stereocenters. The van der Waals surface area contributed by atoms with Gasteiger partial charge in [0.15, 0.2) is 0 Å². The standard InChI is InChI=1S/C16H26O2/c17-15(18)16(7-3-1-2-4-8-16)11-14-10-12-5-6-13(14)9-12/h12-14H,1-11H2,(H,17,18). The summed E-state index contributed by atoms with van der Waals surface area (Å²) in [5, 5.41) is 9.74. The van der Waals surface area contributed by atoms with Gasteiger partial charge in [0.05, 0.1) is 5.41 Å². The summed E-state index contributed by atoms with van der Waals surface area (Å²) < 4.78 is 0. The van der Waals surface area contributed by atoms with Crippen LogP contribution in [0.1, 0.15) is 70.6 Å². The molecule has 3 aliphatic carbocycles. The third-order valence-corrected chi connectivity index (χ3v) is 6.05. The molecule has 0 aromatic carbocycles. The lowest BCUT2D eigenvalue weighted by Gasteiger charge is -2.34. The molecule has 0 heterocycles. The van der Waals surface area contributed by atoms with Gasteiger partial charge in [-0.3, -0.25) is 4.79 Å². The maximum absolute atomic E-state index is 11.8. The lowest BCUT2D eigenvalue weighted by molar-refractivity contribution is -0.151. The molecule has 2 bridgehead atoms. The zero-order valence-electron chi connectivity index (χ0n) is 11.4. The fraction of sp³-hybridized carbons (Fsp3) is 0.938. The number of carboxylic acid groups (broad SMARTS) is 1. The average molecular weight is 250 g/mol. The van der Waals surface area contributed by atoms with Gasteiger partial charge in [0.25, 0.3) is 0 Å². The number of hydrogen-bond acceptors (Lipinski definition) is 1. The second-order valence-corrected chi connectivity index (χ2v) is 7.14. The quantitative estimate of drug-likeness (QED) is 0.761. The summed E-state index contributed by atoms with van der Waals surface area (Å²) in [5.41, 5.74) is -0.356. The zero-order valence-corrected chi connectivity index (χ0v) is 11.4. The Morgan fingerprint density at radius 1 is 1.06 bits per heavy atom. The molecule has 0 saturated heterocycles. The van der Waals surface area contributed by atoms with Crippen LogP contribution in [0, 0.1) is 23.2 Å². The first-order valence-electron chi connectivity index (χ1n) is 7.93. The van der Waals surface area contributed by atoms with E-state index in [0.717, 1.165) is 49.9 Å². The highest BCUT2D eigenvalue weighted by Crippen LogP contribution is 2.53. The molecule has 3 rings (SSSR count). The Labute approximate surface area is 110 Å². The molecule has 3 aliphatic rings. The Hall–Kier alpha value is -0.530. The molecule has 3 fully saturated rings. The molecule has 0 aromatic heterocycles. The van der Waals surface area contributed by atoms with E-state index in [4.69, 9.17) is 0 Å². The molecule has 0 radical (unpaired) electrons.